The normalized spacial score (nSPS) is 21.9. The second-order valence-electron chi connectivity index (χ2n) is 6.03. The molecule has 2 N–H and O–H groups in total. The summed E-state index contributed by atoms with van der Waals surface area (Å²) in [7, 11) is -3.64. The van der Waals surface area contributed by atoms with Gasteiger partial charge in [-0.15, -0.1) is 0 Å². The Morgan fingerprint density at radius 3 is 2.32 bits per heavy atom. The first-order valence-electron chi connectivity index (χ1n) is 6.71. The Bertz CT molecular complexity index is 456. The minimum absolute atomic E-state index is 0.392. The van der Waals surface area contributed by atoms with Crippen molar-refractivity contribution in [1.82, 2.24) is 0 Å². The first kappa shape index (κ1) is 16.4. The summed E-state index contributed by atoms with van der Waals surface area (Å²) in [6.45, 7) is 7.94. The van der Waals surface area contributed by atoms with Crippen molar-refractivity contribution in [2.75, 3.05) is 6.66 Å². The van der Waals surface area contributed by atoms with E-state index in [0.717, 1.165) is 13.1 Å². The first-order chi connectivity index (χ1) is 8.61. The minimum atomic E-state index is -3.64. The zero-order valence-electron chi connectivity index (χ0n) is 12.3. The molecule has 0 atom stereocenters. The molecule has 4 heteroatoms. The van der Waals surface area contributed by atoms with Crippen LogP contribution in [0.2, 0.25) is 0 Å². The van der Waals surface area contributed by atoms with Crippen molar-refractivity contribution in [2.24, 2.45) is 5.41 Å². The molecular weight excluding hydrogens is 259 g/mol. The van der Waals surface area contributed by atoms with Crippen LogP contribution in [0.5, 0.6) is 0 Å². The first-order valence-corrected chi connectivity index (χ1v) is 8.77. The lowest BCUT2D eigenvalue weighted by Gasteiger charge is -2.35. The highest BCUT2D eigenvalue weighted by atomic mass is 31.2. The second kappa shape index (κ2) is 6.21. The van der Waals surface area contributed by atoms with E-state index in [1.807, 2.05) is 0 Å². The van der Waals surface area contributed by atoms with Gasteiger partial charge >= 0.3 is 7.60 Å². The Labute approximate surface area is 116 Å². The van der Waals surface area contributed by atoms with Gasteiger partial charge in [-0.2, -0.15) is 0 Å². The van der Waals surface area contributed by atoms with Crippen LogP contribution in [-0.2, 0) is 4.57 Å². The topological polar surface area (TPSA) is 57.5 Å². The number of hydrogen-bond donors (Lipinski definition) is 2. The molecule has 0 amide bonds. The molecule has 0 fully saturated rings. The highest BCUT2D eigenvalue weighted by Gasteiger charge is 2.30. The van der Waals surface area contributed by atoms with Gasteiger partial charge in [0.15, 0.2) is 0 Å². The van der Waals surface area contributed by atoms with E-state index in [0.29, 0.717) is 5.41 Å². The van der Waals surface area contributed by atoms with E-state index < -0.39 is 7.60 Å². The van der Waals surface area contributed by atoms with Gasteiger partial charge in [-0.3, -0.25) is 4.57 Å². The highest BCUT2D eigenvalue weighted by molar-refractivity contribution is 7.50. The van der Waals surface area contributed by atoms with Gasteiger partial charge < -0.3 is 9.79 Å². The summed E-state index contributed by atoms with van der Waals surface area (Å²) in [6, 6.07) is 0. The van der Waals surface area contributed by atoms with Crippen molar-refractivity contribution in [3.8, 4) is 0 Å². The molecule has 2 rings (SSSR count). The van der Waals surface area contributed by atoms with E-state index in [1.165, 1.54) is 24.8 Å². The molecule has 0 heterocycles. The monoisotopic (exact) mass is 284 g/mol. The van der Waals surface area contributed by atoms with Gasteiger partial charge in [-0.05, 0) is 49.2 Å². The Morgan fingerprint density at radius 2 is 1.89 bits per heavy atom. The van der Waals surface area contributed by atoms with Crippen LogP contribution in [0, 0.1) is 5.41 Å². The van der Waals surface area contributed by atoms with E-state index in [1.54, 1.807) is 11.1 Å². The van der Waals surface area contributed by atoms with E-state index in [9.17, 15) is 4.57 Å². The minimum Gasteiger partial charge on any atom is -0.325 e. The van der Waals surface area contributed by atoms with Gasteiger partial charge in [0.2, 0.25) is 0 Å². The molecular formula is C15H25O3P. The molecule has 0 spiro atoms. The summed E-state index contributed by atoms with van der Waals surface area (Å²) in [5.41, 5.74) is 5.12. The summed E-state index contributed by atoms with van der Waals surface area (Å²) in [5, 5.41) is 0. The van der Waals surface area contributed by atoms with Crippen molar-refractivity contribution < 1.29 is 14.4 Å². The maximum Gasteiger partial charge on any atom is 0.322 e. The molecule has 0 aromatic heterocycles. The smallest absolute Gasteiger partial charge is 0.322 e. The van der Waals surface area contributed by atoms with Gasteiger partial charge in [-0.25, -0.2) is 0 Å². The summed E-state index contributed by atoms with van der Waals surface area (Å²) in [4.78, 5) is 15.3. The zero-order valence-corrected chi connectivity index (χ0v) is 13.2. The van der Waals surface area contributed by atoms with Crippen molar-refractivity contribution in [1.29, 1.82) is 0 Å². The number of hydrogen-bond acceptors (Lipinski definition) is 1. The average Bonchev–Trinajstić information content (AvgIpc) is 2.66. The van der Waals surface area contributed by atoms with Gasteiger partial charge in [0, 0.05) is 6.66 Å². The maximum atomic E-state index is 9.33. The van der Waals surface area contributed by atoms with Crippen LogP contribution in [-0.4, -0.2) is 16.5 Å². The lowest BCUT2D eigenvalue weighted by atomic mass is 9.70. The second-order valence-corrected chi connectivity index (χ2v) is 7.70. The van der Waals surface area contributed by atoms with Crippen molar-refractivity contribution in [2.45, 2.75) is 46.5 Å². The maximum absolute atomic E-state index is 9.33. The molecule has 0 saturated heterocycles. The highest BCUT2D eigenvalue weighted by Crippen LogP contribution is 2.44. The van der Waals surface area contributed by atoms with Gasteiger partial charge in [0.05, 0.1) is 0 Å². The largest absolute Gasteiger partial charge is 0.325 e. The van der Waals surface area contributed by atoms with E-state index >= 15 is 0 Å². The summed E-state index contributed by atoms with van der Waals surface area (Å²) >= 11 is 0. The van der Waals surface area contributed by atoms with Crippen molar-refractivity contribution >= 4 is 7.60 Å². The van der Waals surface area contributed by atoms with Crippen LogP contribution < -0.4 is 0 Å². The number of rotatable bonds is 1. The van der Waals surface area contributed by atoms with Crippen LogP contribution in [0.1, 0.15) is 46.5 Å². The van der Waals surface area contributed by atoms with Crippen molar-refractivity contribution in [3.05, 3.63) is 34.9 Å². The predicted molar refractivity (Wildman–Crippen MR) is 80.1 cm³/mol. The lowest BCUT2D eigenvalue weighted by molar-refractivity contribution is 0.374. The third-order valence-electron chi connectivity index (χ3n) is 3.52. The van der Waals surface area contributed by atoms with Gasteiger partial charge in [-0.1, -0.05) is 37.6 Å². The Kier molecular flexibility index (Phi) is 5.37. The molecule has 3 nitrogen and oxygen atoms in total. The molecule has 0 bridgehead atoms. The zero-order chi connectivity index (χ0) is 14.7. The SMILES string of the molecule is CC1=C(C2=CCC=C2)C(C)(C)CCC1.CP(=O)(O)O. The molecule has 108 valence electrons. The summed E-state index contributed by atoms with van der Waals surface area (Å²) in [5.74, 6) is 0. The molecule has 0 aromatic carbocycles. The molecule has 0 aromatic rings. The molecule has 0 radical (unpaired) electrons. The molecule has 2 aliphatic carbocycles. The fourth-order valence-electron chi connectivity index (χ4n) is 2.90. The van der Waals surface area contributed by atoms with Crippen LogP contribution >= 0.6 is 7.60 Å². The van der Waals surface area contributed by atoms with Gasteiger partial charge in [0.1, 0.15) is 0 Å². The predicted octanol–water partition coefficient (Wildman–Crippen LogP) is 4.19. The van der Waals surface area contributed by atoms with Crippen LogP contribution in [0.15, 0.2) is 34.9 Å². The fourth-order valence-corrected chi connectivity index (χ4v) is 2.90. The third kappa shape index (κ3) is 5.48. The lowest BCUT2D eigenvalue weighted by Crippen LogP contribution is -2.21. The standard InChI is InChI=1S/C14H20.CH5O3P/c1-11-7-6-10-14(2,3)13(11)12-8-4-5-9-12;1-5(2,3)4/h4,8-9H,5-7,10H2,1-3H3;1H3,(H2,2,3,4). The third-order valence-corrected chi connectivity index (χ3v) is 3.52. The molecule has 0 unspecified atom stereocenters. The van der Waals surface area contributed by atoms with Crippen LogP contribution in [0.4, 0.5) is 0 Å². The van der Waals surface area contributed by atoms with Gasteiger partial charge in [0.25, 0.3) is 0 Å². The van der Waals surface area contributed by atoms with E-state index in [-0.39, 0.29) is 0 Å². The number of allylic oxidation sites excluding steroid dienone is 6. The van der Waals surface area contributed by atoms with Crippen molar-refractivity contribution in [3.63, 3.8) is 0 Å². The van der Waals surface area contributed by atoms with E-state index in [2.05, 4.69) is 39.0 Å². The Morgan fingerprint density at radius 1 is 1.32 bits per heavy atom. The molecule has 19 heavy (non-hydrogen) atoms. The molecule has 0 saturated carbocycles. The fraction of sp³-hybridized carbons (Fsp3) is 0.600. The molecule has 0 aliphatic heterocycles. The van der Waals surface area contributed by atoms with Crippen LogP contribution in [0.25, 0.3) is 0 Å². The van der Waals surface area contributed by atoms with Crippen LogP contribution in [0.3, 0.4) is 0 Å². The Balaban J connectivity index is 0.000000312. The molecule has 2 aliphatic rings. The van der Waals surface area contributed by atoms with E-state index in [4.69, 9.17) is 9.79 Å². The summed E-state index contributed by atoms with van der Waals surface area (Å²) < 4.78 is 9.33. The summed E-state index contributed by atoms with van der Waals surface area (Å²) in [6.07, 6.45) is 12.1. The quantitative estimate of drug-likeness (QED) is 0.710. The Hall–Kier alpha value is -0.630. The average molecular weight is 284 g/mol.